The van der Waals surface area contributed by atoms with Gasteiger partial charge in [-0.1, -0.05) is 13.8 Å². The number of ether oxygens (including phenoxy) is 1. The number of hydrogen-bond acceptors (Lipinski definition) is 4. The molecule has 5 nitrogen and oxygen atoms in total. The van der Waals surface area contributed by atoms with Gasteiger partial charge in [-0.2, -0.15) is 0 Å². The van der Waals surface area contributed by atoms with Crippen molar-refractivity contribution in [1.82, 2.24) is 15.6 Å². The topological polar surface area (TPSA) is 58.5 Å². The fourth-order valence-corrected chi connectivity index (χ4v) is 4.64. The molecule has 128 valence electrons. The minimum Gasteiger partial charge on any atom is -0.377 e. The molecular weight excluding hydrogens is 308 g/mol. The Balaban J connectivity index is 1.59. The molecule has 1 aliphatic heterocycles. The lowest BCUT2D eigenvalue weighted by atomic mass is 9.57. The first kappa shape index (κ1) is 16.7. The van der Waals surface area contributed by atoms with Crippen molar-refractivity contribution in [3.63, 3.8) is 0 Å². The van der Waals surface area contributed by atoms with Gasteiger partial charge in [0, 0.05) is 54.6 Å². The van der Waals surface area contributed by atoms with E-state index in [0.717, 1.165) is 43.5 Å². The van der Waals surface area contributed by atoms with Crippen LogP contribution in [0, 0.1) is 18.3 Å². The molecule has 0 aromatic carbocycles. The van der Waals surface area contributed by atoms with Crippen LogP contribution in [0.15, 0.2) is 11.2 Å². The van der Waals surface area contributed by atoms with E-state index in [9.17, 15) is 0 Å². The van der Waals surface area contributed by atoms with Crippen molar-refractivity contribution >= 4 is 17.3 Å². The van der Waals surface area contributed by atoms with E-state index in [1.807, 2.05) is 6.20 Å². The second-order valence-electron chi connectivity index (χ2n) is 7.06. The number of rotatable bonds is 5. The highest BCUT2D eigenvalue weighted by Gasteiger charge is 2.59. The lowest BCUT2D eigenvalue weighted by Gasteiger charge is -2.54. The van der Waals surface area contributed by atoms with Crippen molar-refractivity contribution in [2.75, 3.05) is 19.7 Å². The highest BCUT2D eigenvalue weighted by atomic mass is 32.1. The van der Waals surface area contributed by atoms with Crippen LogP contribution in [0.2, 0.25) is 0 Å². The molecule has 1 saturated heterocycles. The van der Waals surface area contributed by atoms with Crippen molar-refractivity contribution in [2.24, 2.45) is 16.3 Å². The smallest absolute Gasteiger partial charge is 0.191 e. The van der Waals surface area contributed by atoms with Gasteiger partial charge >= 0.3 is 0 Å². The number of nitrogens with zero attached hydrogens (tertiary/aromatic N) is 2. The maximum Gasteiger partial charge on any atom is 0.191 e. The molecule has 6 heteroatoms. The quantitative estimate of drug-likeness (QED) is 0.640. The third-order valence-corrected chi connectivity index (χ3v) is 5.97. The number of nitrogens with one attached hydrogen (secondary N) is 2. The van der Waals surface area contributed by atoms with Crippen LogP contribution in [-0.4, -0.2) is 42.8 Å². The van der Waals surface area contributed by atoms with E-state index in [-0.39, 0.29) is 5.41 Å². The Morgan fingerprint density at radius 3 is 3.04 bits per heavy atom. The Kier molecular flexibility index (Phi) is 4.92. The first-order valence-corrected chi connectivity index (χ1v) is 9.41. The SMILES string of the molecule is CCNC(=NCCc1ncc(C)s1)NC1C2CCOC2C1(C)C. The lowest BCUT2D eigenvalue weighted by Crippen LogP contribution is -2.68. The summed E-state index contributed by atoms with van der Waals surface area (Å²) in [5.74, 6) is 1.54. The fourth-order valence-electron chi connectivity index (χ4n) is 3.86. The maximum atomic E-state index is 5.87. The molecule has 1 aromatic heterocycles. The Morgan fingerprint density at radius 1 is 1.52 bits per heavy atom. The third-order valence-electron chi connectivity index (χ3n) is 5.00. The maximum absolute atomic E-state index is 5.87. The predicted molar refractivity (Wildman–Crippen MR) is 95.1 cm³/mol. The summed E-state index contributed by atoms with van der Waals surface area (Å²) >= 11 is 1.76. The van der Waals surface area contributed by atoms with Gasteiger partial charge in [-0.3, -0.25) is 4.99 Å². The molecule has 23 heavy (non-hydrogen) atoms. The van der Waals surface area contributed by atoms with E-state index >= 15 is 0 Å². The number of thiazole rings is 1. The van der Waals surface area contributed by atoms with Crippen LogP contribution in [0.4, 0.5) is 0 Å². The largest absolute Gasteiger partial charge is 0.377 e. The number of hydrogen-bond donors (Lipinski definition) is 2. The van der Waals surface area contributed by atoms with Gasteiger partial charge in [0.25, 0.3) is 0 Å². The van der Waals surface area contributed by atoms with Crippen molar-refractivity contribution < 1.29 is 4.74 Å². The predicted octanol–water partition coefficient (Wildman–Crippen LogP) is 2.36. The van der Waals surface area contributed by atoms with Crippen LogP contribution in [0.1, 0.15) is 37.1 Å². The normalized spacial score (nSPS) is 29.0. The highest BCUT2D eigenvalue weighted by Crippen LogP contribution is 2.52. The lowest BCUT2D eigenvalue weighted by molar-refractivity contribution is -0.106. The number of aliphatic imine (C=N–C) groups is 1. The molecule has 0 radical (unpaired) electrons. The average Bonchev–Trinajstić information content (AvgIpc) is 3.12. The van der Waals surface area contributed by atoms with Gasteiger partial charge in [0.15, 0.2) is 5.96 Å². The van der Waals surface area contributed by atoms with Gasteiger partial charge < -0.3 is 15.4 Å². The molecule has 3 unspecified atom stereocenters. The Labute approximate surface area is 142 Å². The second-order valence-corrected chi connectivity index (χ2v) is 8.38. The van der Waals surface area contributed by atoms with E-state index in [1.54, 1.807) is 11.3 Å². The van der Waals surface area contributed by atoms with Gasteiger partial charge in [-0.15, -0.1) is 11.3 Å². The van der Waals surface area contributed by atoms with Gasteiger partial charge in [0.2, 0.25) is 0 Å². The third kappa shape index (κ3) is 3.38. The number of fused-ring (bicyclic) bond motifs is 1. The molecule has 0 bridgehead atoms. The van der Waals surface area contributed by atoms with Crippen molar-refractivity contribution in [3.8, 4) is 0 Å². The molecule has 2 N–H and O–H groups in total. The van der Waals surface area contributed by atoms with Crippen LogP contribution in [0.25, 0.3) is 0 Å². The average molecular weight is 337 g/mol. The summed E-state index contributed by atoms with van der Waals surface area (Å²) in [4.78, 5) is 10.4. The zero-order chi connectivity index (χ0) is 16.4. The molecule has 0 spiro atoms. The van der Waals surface area contributed by atoms with Crippen LogP contribution >= 0.6 is 11.3 Å². The molecule has 2 heterocycles. The Hall–Kier alpha value is -1.14. The Bertz CT molecular complexity index is 569. The summed E-state index contributed by atoms with van der Waals surface area (Å²) in [6.45, 7) is 11.3. The minimum atomic E-state index is 0.170. The van der Waals surface area contributed by atoms with E-state index < -0.39 is 0 Å². The Morgan fingerprint density at radius 2 is 2.35 bits per heavy atom. The summed E-state index contributed by atoms with van der Waals surface area (Å²) in [7, 11) is 0. The molecule has 1 saturated carbocycles. The van der Waals surface area contributed by atoms with Crippen LogP contribution < -0.4 is 10.6 Å². The standard InChI is InChI=1S/C17H28N4OS/c1-5-18-16(19-8-6-13-20-10-11(2)23-13)21-14-12-7-9-22-15(12)17(14,3)4/h10,12,14-15H,5-9H2,1-4H3,(H2,18,19,21). The summed E-state index contributed by atoms with van der Waals surface area (Å²) in [5.41, 5.74) is 0.170. The van der Waals surface area contributed by atoms with Crippen LogP contribution in [0.3, 0.4) is 0 Å². The van der Waals surface area contributed by atoms with Crippen molar-refractivity contribution in [2.45, 2.75) is 52.7 Å². The zero-order valence-corrected chi connectivity index (χ0v) is 15.4. The van der Waals surface area contributed by atoms with Crippen LogP contribution in [0.5, 0.6) is 0 Å². The molecule has 2 aliphatic rings. The molecule has 2 fully saturated rings. The summed E-state index contributed by atoms with van der Waals surface area (Å²) in [6.07, 6.45) is 4.40. The van der Waals surface area contributed by atoms with Gasteiger partial charge in [0.1, 0.15) is 0 Å². The fraction of sp³-hybridized carbons (Fsp3) is 0.765. The van der Waals surface area contributed by atoms with Crippen molar-refractivity contribution in [1.29, 1.82) is 0 Å². The summed E-state index contributed by atoms with van der Waals surface area (Å²) in [6, 6.07) is 0.440. The first-order valence-electron chi connectivity index (χ1n) is 8.60. The molecular formula is C17H28N4OS. The van der Waals surface area contributed by atoms with E-state index in [1.165, 1.54) is 4.88 Å². The molecule has 3 atom stereocenters. The van der Waals surface area contributed by atoms with Crippen LogP contribution in [-0.2, 0) is 11.2 Å². The van der Waals surface area contributed by atoms with Gasteiger partial charge in [-0.25, -0.2) is 4.98 Å². The van der Waals surface area contributed by atoms with E-state index in [2.05, 4.69) is 43.3 Å². The van der Waals surface area contributed by atoms with E-state index in [4.69, 9.17) is 9.73 Å². The number of guanidine groups is 1. The minimum absolute atomic E-state index is 0.170. The van der Waals surface area contributed by atoms with Gasteiger partial charge in [0.05, 0.1) is 11.1 Å². The summed E-state index contributed by atoms with van der Waals surface area (Å²) < 4.78 is 5.87. The molecule has 3 rings (SSSR count). The number of aryl methyl sites for hydroxylation is 1. The first-order chi connectivity index (χ1) is 11.0. The molecule has 1 aliphatic carbocycles. The monoisotopic (exact) mass is 336 g/mol. The summed E-state index contributed by atoms with van der Waals surface area (Å²) in [5, 5.41) is 8.18. The molecule has 1 aromatic rings. The highest BCUT2D eigenvalue weighted by molar-refractivity contribution is 7.11. The van der Waals surface area contributed by atoms with Crippen molar-refractivity contribution in [3.05, 3.63) is 16.1 Å². The van der Waals surface area contributed by atoms with Gasteiger partial charge in [-0.05, 0) is 20.3 Å². The molecule has 0 amide bonds. The van der Waals surface area contributed by atoms with E-state index in [0.29, 0.717) is 18.1 Å². The number of aromatic nitrogens is 1. The zero-order valence-electron chi connectivity index (χ0n) is 14.6. The second kappa shape index (κ2) is 6.77.